The molecule has 30 heavy (non-hydrogen) atoms. The molecular formula is C23H33ClN4OS. The highest BCUT2D eigenvalue weighted by molar-refractivity contribution is 7.97. The van der Waals surface area contributed by atoms with Crippen LogP contribution < -0.4 is 4.74 Å². The lowest BCUT2D eigenvalue weighted by molar-refractivity contribution is 0.140. The fourth-order valence-corrected chi connectivity index (χ4v) is 3.64. The summed E-state index contributed by atoms with van der Waals surface area (Å²) in [6.07, 6.45) is 1.87. The molecule has 5 nitrogen and oxygen atoms in total. The first-order valence-corrected chi connectivity index (χ1v) is 11.2. The Morgan fingerprint density at radius 1 is 1.07 bits per heavy atom. The summed E-state index contributed by atoms with van der Waals surface area (Å²) < 4.78 is 8.56. The molecule has 0 fully saturated rings. The molecule has 164 valence electrons. The Morgan fingerprint density at radius 2 is 1.73 bits per heavy atom. The fourth-order valence-electron chi connectivity index (χ4n) is 2.65. The first-order chi connectivity index (χ1) is 14.2. The zero-order valence-electron chi connectivity index (χ0n) is 19.0. The van der Waals surface area contributed by atoms with E-state index in [2.05, 4.69) is 59.0 Å². The molecule has 2 aromatic carbocycles. The van der Waals surface area contributed by atoms with Gasteiger partial charge in [-0.3, -0.25) is 4.90 Å². The molecule has 0 spiro atoms. The van der Waals surface area contributed by atoms with Crippen LogP contribution in [0.15, 0.2) is 41.4 Å². The Morgan fingerprint density at radius 3 is 2.33 bits per heavy atom. The van der Waals surface area contributed by atoms with E-state index in [0.29, 0.717) is 0 Å². The molecule has 0 aliphatic heterocycles. The molecule has 0 aliphatic rings. The maximum Gasteiger partial charge on any atom is 0.214 e. The fraction of sp³-hybridized carbons (Fsp3) is 0.435. The van der Waals surface area contributed by atoms with Crippen molar-refractivity contribution in [3.05, 3.63) is 58.1 Å². The highest BCUT2D eigenvalue weighted by atomic mass is 35.5. The van der Waals surface area contributed by atoms with Crippen molar-refractivity contribution in [2.75, 3.05) is 34.7 Å². The van der Waals surface area contributed by atoms with Crippen LogP contribution in [-0.4, -0.2) is 60.7 Å². The van der Waals surface area contributed by atoms with Crippen LogP contribution in [0.25, 0.3) is 0 Å². The van der Waals surface area contributed by atoms with Gasteiger partial charge in [0, 0.05) is 25.2 Å². The van der Waals surface area contributed by atoms with Gasteiger partial charge in [0.15, 0.2) is 0 Å². The average molecular weight is 449 g/mol. The van der Waals surface area contributed by atoms with Gasteiger partial charge in [0.25, 0.3) is 0 Å². The van der Waals surface area contributed by atoms with E-state index in [0.717, 1.165) is 40.7 Å². The Balaban J connectivity index is 2.09. The molecule has 0 N–H and O–H groups in total. The predicted octanol–water partition coefficient (Wildman–Crippen LogP) is 5.57. The first-order valence-electron chi connectivity index (χ1n) is 10.0. The standard InChI is InChI=1S/C23H33ClN4OS/c1-8-27(6)16-25-21-13-18(3)22(14-17(21)2)29-23(26(4)5)30-28(7)15-19-9-11-20(24)12-10-19/h9-14,16,23H,8,15H2,1-7H3. The number of aliphatic imine (C=N–C) groups is 1. The molecule has 0 aliphatic carbocycles. The van der Waals surface area contributed by atoms with E-state index >= 15 is 0 Å². The van der Waals surface area contributed by atoms with E-state index in [1.165, 1.54) is 5.56 Å². The summed E-state index contributed by atoms with van der Waals surface area (Å²) in [4.78, 5) is 8.73. The molecule has 2 aromatic rings. The second-order valence-corrected chi connectivity index (χ2v) is 9.30. The molecule has 0 amide bonds. The maximum atomic E-state index is 6.38. The molecular weight excluding hydrogens is 416 g/mol. The third-order valence-corrected chi connectivity index (χ3v) is 6.06. The molecule has 0 saturated heterocycles. The molecule has 1 unspecified atom stereocenters. The summed E-state index contributed by atoms with van der Waals surface area (Å²) in [5.41, 5.74) is 4.18. The highest BCUT2D eigenvalue weighted by Crippen LogP contribution is 2.31. The van der Waals surface area contributed by atoms with Crippen LogP contribution >= 0.6 is 23.5 Å². The zero-order valence-corrected chi connectivity index (χ0v) is 20.6. The number of benzene rings is 2. The quantitative estimate of drug-likeness (QED) is 0.205. The minimum atomic E-state index is -0.152. The third kappa shape index (κ3) is 7.51. The summed E-state index contributed by atoms with van der Waals surface area (Å²) >= 11 is 7.64. The van der Waals surface area contributed by atoms with Crippen LogP contribution in [0.5, 0.6) is 5.75 Å². The predicted molar refractivity (Wildman–Crippen MR) is 131 cm³/mol. The number of hydrogen-bond acceptors (Lipinski definition) is 5. The summed E-state index contributed by atoms with van der Waals surface area (Å²) in [6.45, 7) is 7.95. The van der Waals surface area contributed by atoms with Gasteiger partial charge in [-0.25, -0.2) is 9.30 Å². The molecule has 2 rings (SSSR count). The van der Waals surface area contributed by atoms with Crippen molar-refractivity contribution < 1.29 is 4.74 Å². The number of nitrogens with zero attached hydrogens (tertiary/aromatic N) is 4. The molecule has 0 aromatic heterocycles. The highest BCUT2D eigenvalue weighted by Gasteiger charge is 2.19. The largest absolute Gasteiger partial charge is 0.464 e. The SMILES string of the molecule is CCN(C)C=Nc1cc(C)c(OC(SN(C)Cc2ccc(Cl)cc2)N(C)C)cc1C. The van der Waals surface area contributed by atoms with Crippen molar-refractivity contribution in [3.8, 4) is 5.75 Å². The third-order valence-electron chi connectivity index (χ3n) is 4.62. The summed E-state index contributed by atoms with van der Waals surface area (Å²) in [5, 5.41) is 0.753. The maximum absolute atomic E-state index is 6.38. The van der Waals surface area contributed by atoms with Gasteiger partial charge in [0.1, 0.15) is 5.75 Å². The molecule has 7 heteroatoms. The number of halogens is 1. The minimum absolute atomic E-state index is 0.152. The van der Waals surface area contributed by atoms with Gasteiger partial charge in [-0.05, 0) is 94.8 Å². The molecule has 0 heterocycles. The van der Waals surface area contributed by atoms with Crippen LogP contribution in [0.1, 0.15) is 23.6 Å². The van der Waals surface area contributed by atoms with Gasteiger partial charge >= 0.3 is 0 Å². The number of aryl methyl sites for hydroxylation is 2. The second kappa shape index (κ2) is 11.6. The summed E-state index contributed by atoms with van der Waals surface area (Å²) in [6, 6.07) is 12.1. The van der Waals surface area contributed by atoms with Crippen molar-refractivity contribution in [2.24, 2.45) is 4.99 Å². The Kier molecular flexibility index (Phi) is 9.49. The van der Waals surface area contributed by atoms with E-state index in [-0.39, 0.29) is 5.56 Å². The van der Waals surface area contributed by atoms with Gasteiger partial charge in [0.2, 0.25) is 5.56 Å². The van der Waals surface area contributed by atoms with E-state index < -0.39 is 0 Å². The van der Waals surface area contributed by atoms with Crippen LogP contribution in [0, 0.1) is 13.8 Å². The molecule has 0 radical (unpaired) electrons. The van der Waals surface area contributed by atoms with Crippen molar-refractivity contribution in [2.45, 2.75) is 32.9 Å². The molecule has 1 atom stereocenters. The van der Waals surface area contributed by atoms with E-state index in [4.69, 9.17) is 16.3 Å². The topological polar surface area (TPSA) is 31.3 Å². The lowest BCUT2D eigenvalue weighted by atomic mass is 10.1. The average Bonchev–Trinajstić information content (AvgIpc) is 2.70. The van der Waals surface area contributed by atoms with E-state index in [1.54, 1.807) is 11.9 Å². The summed E-state index contributed by atoms with van der Waals surface area (Å²) in [5.74, 6) is 0.876. The Hall–Kier alpha value is -1.73. The lowest BCUT2D eigenvalue weighted by Gasteiger charge is -2.29. The van der Waals surface area contributed by atoms with Crippen molar-refractivity contribution in [3.63, 3.8) is 0 Å². The Labute approximate surface area is 190 Å². The first kappa shape index (κ1) is 24.5. The van der Waals surface area contributed by atoms with Gasteiger partial charge in [-0.1, -0.05) is 23.7 Å². The van der Waals surface area contributed by atoms with Crippen LogP contribution in [0.2, 0.25) is 5.02 Å². The summed E-state index contributed by atoms with van der Waals surface area (Å²) in [7, 11) is 8.13. The number of rotatable bonds is 10. The van der Waals surface area contributed by atoms with Crippen LogP contribution in [-0.2, 0) is 6.54 Å². The number of hydrogen-bond donors (Lipinski definition) is 0. The van der Waals surface area contributed by atoms with Gasteiger partial charge < -0.3 is 9.64 Å². The van der Waals surface area contributed by atoms with Crippen LogP contribution in [0.4, 0.5) is 5.69 Å². The minimum Gasteiger partial charge on any atom is -0.464 e. The monoisotopic (exact) mass is 448 g/mol. The molecule has 0 bridgehead atoms. The van der Waals surface area contributed by atoms with Crippen molar-refractivity contribution in [1.82, 2.24) is 14.1 Å². The second-order valence-electron chi connectivity index (χ2n) is 7.63. The van der Waals surface area contributed by atoms with Gasteiger partial charge in [-0.2, -0.15) is 0 Å². The van der Waals surface area contributed by atoms with Gasteiger partial charge in [-0.15, -0.1) is 0 Å². The zero-order chi connectivity index (χ0) is 22.3. The van der Waals surface area contributed by atoms with Crippen molar-refractivity contribution in [1.29, 1.82) is 0 Å². The van der Waals surface area contributed by atoms with E-state index in [9.17, 15) is 0 Å². The smallest absolute Gasteiger partial charge is 0.214 e. The van der Waals surface area contributed by atoms with Crippen LogP contribution in [0.3, 0.4) is 0 Å². The number of ether oxygens (including phenoxy) is 1. The molecule has 0 saturated carbocycles. The van der Waals surface area contributed by atoms with Gasteiger partial charge in [0.05, 0.1) is 12.0 Å². The normalized spacial score (nSPS) is 12.7. The lowest BCUT2D eigenvalue weighted by Crippen LogP contribution is -2.33. The Bertz CT molecular complexity index is 842. The van der Waals surface area contributed by atoms with Crippen molar-refractivity contribution >= 4 is 35.6 Å². The van der Waals surface area contributed by atoms with E-state index in [1.807, 2.05) is 51.7 Å².